The number of amides is 1. The van der Waals surface area contributed by atoms with E-state index in [0.29, 0.717) is 19.6 Å². The maximum atomic E-state index is 12.7. The van der Waals surface area contributed by atoms with E-state index < -0.39 is 0 Å². The lowest BCUT2D eigenvalue weighted by Crippen LogP contribution is -2.55. The van der Waals surface area contributed by atoms with Gasteiger partial charge in [0.05, 0.1) is 11.9 Å². The first-order valence-corrected chi connectivity index (χ1v) is 11.4. The van der Waals surface area contributed by atoms with Gasteiger partial charge < -0.3 is 19.7 Å². The Bertz CT molecular complexity index is 916. The minimum Gasteiger partial charge on any atom is -0.357 e. The van der Waals surface area contributed by atoms with E-state index in [2.05, 4.69) is 32.1 Å². The highest BCUT2D eigenvalue weighted by atomic mass is 16.2. The number of hydrogen-bond donors (Lipinski definition) is 1. The van der Waals surface area contributed by atoms with Crippen LogP contribution in [0.15, 0.2) is 17.4 Å². The van der Waals surface area contributed by atoms with Crippen molar-refractivity contribution in [2.75, 3.05) is 37.6 Å². The van der Waals surface area contributed by atoms with Crippen LogP contribution in [0.3, 0.4) is 0 Å². The van der Waals surface area contributed by atoms with Gasteiger partial charge >= 0.3 is 0 Å². The Balaban J connectivity index is 1.32. The number of rotatable bonds is 6. The van der Waals surface area contributed by atoms with Crippen molar-refractivity contribution >= 4 is 17.6 Å². The highest BCUT2D eigenvalue weighted by Gasteiger charge is 2.27. The zero-order valence-electron chi connectivity index (χ0n) is 18.6. The molecule has 1 fully saturated rings. The smallest absolute Gasteiger partial charge is 0.246 e. The first kappa shape index (κ1) is 21.3. The van der Waals surface area contributed by atoms with Crippen LogP contribution in [0.5, 0.6) is 0 Å². The van der Waals surface area contributed by atoms with E-state index in [1.54, 1.807) is 15.8 Å². The predicted molar refractivity (Wildman–Crippen MR) is 119 cm³/mol. The molecule has 2 aliphatic rings. The summed E-state index contributed by atoms with van der Waals surface area (Å²) in [4.78, 5) is 21.3. The van der Waals surface area contributed by atoms with Crippen LogP contribution in [0.4, 0.5) is 5.69 Å². The van der Waals surface area contributed by atoms with Crippen molar-refractivity contribution < 1.29 is 4.79 Å². The molecule has 10 heteroatoms. The number of hydrogen-bond acceptors (Lipinski definition) is 5. The molecule has 0 aliphatic carbocycles. The fourth-order valence-corrected chi connectivity index (χ4v) is 4.25. The van der Waals surface area contributed by atoms with Crippen LogP contribution in [0, 0.1) is 0 Å². The van der Waals surface area contributed by atoms with E-state index in [4.69, 9.17) is 4.99 Å². The zero-order chi connectivity index (χ0) is 21.6. The maximum absolute atomic E-state index is 12.7. The molecule has 1 amide bonds. The van der Waals surface area contributed by atoms with E-state index in [0.717, 1.165) is 62.2 Å². The number of aliphatic imine (C=N–C) groups is 1. The van der Waals surface area contributed by atoms with E-state index in [1.165, 1.54) is 19.3 Å². The molecule has 0 spiro atoms. The molecule has 1 N–H and O–H groups in total. The Morgan fingerprint density at radius 2 is 2.10 bits per heavy atom. The molecule has 2 aliphatic heterocycles. The van der Waals surface area contributed by atoms with Crippen molar-refractivity contribution in [3.63, 3.8) is 0 Å². The summed E-state index contributed by atoms with van der Waals surface area (Å²) in [5, 5.41) is 16.3. The number of nitrogens with one attached hydrogen (secondary N) is 1. The van der Waals surface area contributed by atoms with E-state index in [-0.39, 0.29) is 5.91 Å². The van der Waals surface area contributed by atoms with Gasteiger partial charge in [0.2, 0.25) is 5.91 Å². The molecule has 31 heavy (non-hydrogen) atoms. The monoisotopic (exact) mass is 427 g/mol. The van der Waals surface area contributed by atoms with Gasteiger partial charge in [-0.05, 0) is 26.2 Å². The van der Waals surface area contributed by atoms with Crippen molar-refractivity contribution in [3.05, 3.63) is 24.0 Å². The van der Waals surface area contributed by atoms with Gasteiger partial charge in [0.15, 0.2) is 5.96 Å². The second-order valence-corrected chi connectivity index (χ2v) is 8.17. The number of aryl methyl sites for hydroxylation is 3. The minimum atomic E-state index is 0.0657. The number of guanidine groups is 1. The predicted octanol–water partition coefficient (Wildman–Crippen LogP) is 0.985. The third kappa shape index (κ3) is 5.05. The van der Waals surface area contributed by atoms with Crippen molar-refractivity contribution in [3.8, 4) is 0 Å². The standard InChI is InChI=1S/C21H33N9O/c1-3-22-21(28-12-13-29(20(31)16-28)17-14-24-27(2)15-17)23-10-7-9-19-26-25-18-8-5-4-6-11-30(18)19/h14-15H,3-13,16H2,1-2H3,(H,22,23). The number of carbonyl (C=O) groups excluding carboxylic acids is 1. The van der Waals surface area contributed by atoms with E-state index >= 15 is 0 Å². The van der Waals surface area contributed by atoms with Crippen molar-refractivity contribution in [1.29, 1.82) is 0 Å². The summed E-state index contributed by atoms with van der Waals surface area (Å²) in [7, 11) is 1.86. The lowest BCUT2D eigenvalue weighted by molar-refractivity contribution is -0.120. The number of nitrogens with zero attached hydrogens (tertiary/aromatic N) is 8. The van der Waals surface area contributed by atoms with Gasteiger partial charge in [0, 0.05) is 58.8 Å². The molecule has 0 radical (unpaired) electrons. The molecular weight excluding hydrogens is 394 g/mol. The summed E-state index contributed by atoms with van der Waals surface area (Å²) in [6, 6.07) is 0. The lowest BCUT2D eigenvalue weighted by atomic mass is 10.2. The molecule has 10 nitrogen and oxygen atoms in total. The average Bonchev–Trinajstić information content (AvgIpc) is 3.28. The van der Waals surface area contributed by atoms with Crippen molar-refractivity contribution in [2.45, 2.75) is 52.0 Å². The van der Waals surface area contributed by atoms with Gasteiger partial charge in [-0.1, -0.05) is 6.42 Å². The molecule has 0 atom stereocenters. The highest BCUT2D eigenvalue weighted by Crippen LogP contribution is 2.17. The van der Waals surface area contributed by atoms with Crippen LogP contribution in [0.2, 0.25) is 0 Å². The van der Waals surface area contributed by atoms with Gasteiger partial charge in [-0.15, -0.1) is 10.2 Å². The van der Waals surface area contributed by atoms with E-state index in [9.17, 15) is 4.79 Å². The van der Waals surface area contributed by atoms with Gasteiger partial charge in [-0.3, -0.25) is 14.5 Å². The van der Waals surface area contributed by atoms with Crippen LogP contribution >= 0.6 is 0 Å². The van der Waals surface area contributed by atoms with Gasteiger partial charge in [0.25, 0.3) is 0 Å². The third-order valence-corrected chi connectivity index (χ3v) is 5.86. The summed E-state index contributed by atoms with van der Waals surface area (Å²) in [6.07, 6.45) is 10.1. The van der Waals surface area contributed by atoms with Gasteiger partial charge in [-0.25, -0.2) is 0 Å². The molecule has 168 valence electrons. The molecular formula is C21H33N9O. The summed E-state index contributed by atoms with van der Waals surface area (Å²) < 4.78 is 4.02. The maximum Gasteiger partial charge on any atom is 0.246 e. The average molecular weight is 428 g/mol. The molecule has 0 aromatic carbocycles. The minimum absolute atomic E-state index is 0.0657. The largest absolute Gasteiger partial charge is 0.357 e. The summed E-state index contributed by atoms with van der Waals surface area (Å²) in [5.41, 5.74) is 0.849. The quantitative estimate of drug-likeness (QED) is 0.419. The van der Waals surface area contributed by atoms with Gasteiger partial charge in [-0.2, -0.15) is 5.10 Å². The van der Waals surface area contributed by atoms with Crippen molar-refractivity contribution in [1.82, 2.24) is 34.8 Å². The Morgan fingerprint density at radius 1 is 1.19 bits per heavy atom. The fraction of sp³-hybridized carbons (Fsp3) is 0.667. The first-order valence-electron chi connectivity index (χ1n) is 11.4. The molecule has 4 heterocycles. The van der Waals surface area contributed by atoms with Crippen LogP contribution in [0.25, 0.3) is 0 Å². The molecule has 0 saturated carbocycles. The van der Waals surface area contributed by atoms with Crippen LogP contribution < -0.4 is 10.2 Å². The second kappa shape index (κ2) is 9.93. The van der Waals surface area contributed by atoms with E-state index in [1.807, 2.05) is 18.1 Å². The molecule has 4 rings (SSSR count). The first-order chi connectivity index (χ1) is 15.2. The van der Waals surface area contributed by atoms with Crippen molar-refractivity contribution in [2.24, 2.45) is 12.0 Å². The molecule has 2 aromatic rings. The Labute approximate surface area is 183 Å². The molecule has 0 bridgehead atoms. The lowest BCUT2D eigenvalue weighted by Gasteiger charge is -2.35. The third-order valence-electron chi connectivity index (χ3n) is 5.86. The molecule has 0 unspecified atom stereocenters. The Kier molecular flexibility index (Phi) is 6.83. The molecule has 2 aromatic heterocycles. The van der Waals surface area contributed by atoms with Crippen LogP contribution in [0.1, 0.15) is 44.3 Å². The van der Waals surface area contributed by atoms with Crippen LogP contribution in [-0.2, 0) is 31.2 Å². The van der Waals surface area contributed by atoms with Crippen LogP contribution in [-0.4, -0.2) is 74.0 Å². The Morgan fingerprint density at radius 3 is 2.87 bits per heavy atom. The number of carbonyl (C=O) groups is 1. The summed E-state index contributed by atoms with van der Waals surface area (Å²) in [6.45, 7) is 6.24. The van der Waals surface area contributed by atoms with Gasteiger partial charge in [0.1, 0.15) is 18.2 Å². The summed E-state index contributed by atoms with van der Waals surface area (Å²) in [5.74, 6) is 3.09. The normalized spacial score (nSPS) is 17.6. The summed E-state index contributed by atoms with van der Waals surface area (Å²) >= 11 is 0. The number of anilines is 1. The highest BCUT2D eigenvalue weighted by molar-refractivity contribution is 5.98. The number of piperazine rings is 1. The SMILES string of the molecule is CCNC(=NCCCc1nnc2n1CCCCC2)N1CCN(c2cnn(C)c2)C(=O)C1. The Hall–Kier alpha value is -2.91. The molecule has 1 saturated heterocycles. The number of fused-ring (bicyclic) bond motifs is 1. The second-order valence-electron chi connectivity index (χ2n) is 8.17. The zero-order valence-corrected chi connectivity index (χ0v) is 18.6. The fourth-order valence-electron chi connectivity index (χ4n) is 4.25. The number of aromatic nitrogens is 5. The topological polar surface area (TPSA) is 96.5 Å².